The Morgan fingerprint density at radius 3 is 2.55 bits per heavy atom. The second-order valence-corrected chi connectivity index (χ2v) is 5.80. The van der Waals surface area contributed by atoms with E-state index >= 15 is 0 Å². The molecule has 1 aromatic rings. The monoisotopic (exact) mass is 272 g/mol. The Morgan fingerprint density at radius 1 is 1.40 bits per heavy atom. The molecule has 1 aliphatic rings. The number of nitrogens with two attached hydrogens (primary N) is 1. The van der Waals surface area contributed by atoms with Gasteiger partial charge < -0.3 is 10.6 Å². The van der Waals surface area contributed by atoms with Crippen LogP contribution < -0.4 is 10.6 Å². The van der Waals surface area contributed by atoms with Crippen molar-refractivity contribution in [2.45, 2.75) is 46.2 Å². The number of fused-ring (bicyclic) bond motifs is 1. The van der Waals surface area contributed by atoms with Crippen LogP contribution in [-0.4, -0.2) is 11.9 Å². The van der Waals surface area contributed by atoms with Crippen LogP contribution in [0.2, 0.25) is 0 Å². The van der Waals surface area contributed by atoms with Crippen molar-refractivity contribution in [3.05, 3.63) is 35.9 Å². The Kier molecular flexibility index (Phi) is 4.00. The molecule has 20 heavy (non-hydrogen) atoms. The van der Waals surface area contributed by atoms with Gasteiger partial charge in [0.1, 0.15) is 0 Å². The first-order valence-corrected chi connectivity index (χ1v) is 7.23. The number of allylic oxidation sites excluding steroid dienone is 1. The molecule has 3 atom stereocenters. The summed E-state index contributed by atoms with van der Waals surface area (Å²) in [6, 6.07) is 6.25. The van der Waals surface area contributed by atoms with Gasteiger partial charge in [-0.2, -0.15) is 0 Å². The first-order valence-electron chi connectivity index (χ1n) is 7.23. The van der Waals surface area contributed by atoms with Crippen LogP contribution in [0.1, 0.15) is 51.3 Å². The summed E-state index contributed by atoms with van der Waals surface area (Å²) in [6.45, 7) is 11.8. The molecular weight excluding hydrogens is 248 g/mol. The van der Waals surface area contributed by atoms with Crippen LogP contribution in [0.25, 0.3) is 5.57 Å². The van der Waals surface area contributed by atoms with Crippen molar-refractivity contribution in [3.8, 4) is 0 Å². The van der Waals surface area contributed by atoms with E-state index in [2.05, 4.69) is 26.5 Å². The second-order valence-electron chi connectivity index (χ2n) is 5.80. The van der Waals surface area contributed by atoms with Crippen molar-refractivity contribution < 1.29 is 4.79 Å². The Labute approximate surface area is 121 Å². The van der Waals surface area contributed by atoms with Crippen LogP contribution in [0.15, 0.2) is 24.8 Å². The van der Waals surface area contributed by atoms with E-state index in [1.54, 1.807) is 6.92 Å². The highest BCUT2D eigenvalue weighted by Gasteiger charge is 2.37. The zero-order valence-corrected chi connectivity index (χ0v) is 12.8. The molecular formula is C17H24N2O. The number of carbonyl (C=O) groups is 1. The molecule has 1 aromatic carbocycles. The van der Waals surface area contributed by atoms with Crippen molar-refractivity contribution >= 4 is 17.2 Å². The fourth-order valence-corrected chi connectivity index (χ4v) is 3.20. The van der Waals surface area contributed by atoms with Crippen molar-refractivity contribution in [3.63, 3.8) is 0 Å². The molecule has 3 nitrogen and oxygen atoms in total. The molecule has 0 unspecified atom stereocenters. The number of nitrogens with zero attached hydrogens (tertiary/aromatic N) is 1. The second kappa shape index (κ2) is 5.41. The smallest absolute Gasteiger partial charge is 0.224 e. The average Bonchev–Trinajstić information content (AvgIpc) is 2.41. The maximum atomic E-state index is 12.1. The van der Waals surface area contributed by atoms with Crippen LogP contribution in [0, 0.1) is 5.92 Å². The molecule has 0 radical (unpaired) electrons. The molecule has 0 bridgehead atoms. The van der Waals surface area contributed by atoms with E-state index < -0.39 is 0 Å². The molecule has 0 fully saturated rings. The van der Waals surface area contributed by atoms with E-state index in [9.17, 15) is 4.79 Å². The summed E-state index contributed by atoms with van der Waals surface area (Å²) in [5.41, 5.74) is 10.5. The molecule has 0 saturated heterocycles. The van der Waals surface area contributed by atoms with E-state index in [1.165, 1.54) is 0 Å². The van der Waals surface area contributed by atoms with Crippen LogP contribution in [0.5, 0.6) is 0 Å². The fourth-order valence-electron chi connectivity index (χ4n) is 3.20. The van der Waals surface area contributed by atoms with Gasteiger partial charge in [0.15, 0.2) is 0 Å². The maximum absolute atomic E-state index is 12.1. The van der Waals surface area contributed by atoms with E-state index in [1.807, 2.05) is 24.0 Å². The number of carbonyl (C=O) groups excluding carboxylic acids is 1. The summed E-state index contributed by atoms with van der Waals surface area (Å²) in [7, 11) is 0. The number of amides is 1. The number of rotatable bonds is 2. The summed E-state index contributed by atoms with van der Waals surface area (Å²) in [4.78, 5) is 14.0. The lowest BCUT2D eigenvalue weighted by Gasteiger charge is -2.43. The number of anilines is 1. The Morgan fingerprint density at radius 2 is 2.05 bits per heavy atom. The standard InChI is InChI=1S/C17H24N2O/c1-6-15-11(4)17(18)14-9-13(10(2)3)7-8-16(14)19(15)12(5)20/h7-9,11,15,17H,2,6,18H2,1,3-5H3/t11-,15-,17+/m0/s1. The highest BCUT2D eigenvalue weighted by Crippen LogP contribution is 2.41. The van der Waals surface area contributed by atoms with Crippen LogP contribution in [0.3, 0.4) is 0 Å². The zero-order valence-electron chi connectivity index (χ0n) is 12.8. The maximum Gasteiger partial charge on any atom is 0.224 e. The summed E-state index contributed by atoms with van der Waals surface area (Å²) in [5.74, 6) is 0.330. The lowest BCUT2D eigenvalue weighted by Crippen LogP contribution is -2.50. The van der Waals surface area contributed by atoms with Gasteiger partial charge in [-0.05, 0) is 42.5 Å². The number of hydrogen-bond acceptors (Lipinski definition) is 2. The first-order chi connectivity index (χ1) is 9.38. The normalized spacial score (nSPS) is 25.2. The molecule has 1 amide bonds. The molecule has 3 heteroatoms. The average molecular weight is 272 g/mol. The van der Waals surface area contributed by atoms with E-state index in [0.29, 0.717) is 0 Å². The predicted octanol–water partition coefficient (Wildman–Crippen LogP) is 3.50. The SMILES string of the molecule is C=C(C)c1ccc2c(c1)[C@H](N)[C@@H](C)[C@H](CC)N2C(C)=O. The quantitative estimate of drug-likeness (QED) is 0.895. The Hall–Kier alpha value is -1.61. The molecule has 0 saturated carbocycles. The largest absolute Gasteiger partial charge is 0.324 e. The topological polar surface area (TPSA) is 46.3 Å². The van der Waals surface area contributed by atoms with Gasteiger partial charge in [-0.3, -0.25) is 4.79 Å². The Balaban J connectivity index is 2.61. The van der Waals surface area contributed by atoms with Gasteiger partial charge in [-0.1, -0.05) is 32.1 Å². The Bertz CT molecular complexity index is 550. The summed E-state index contributed by atoms with van der Waals surface area (Å²) < 4.78 is 0. The summed E-state index contributed by atoms with van der Waals surface area (Å²) in [5, 5.41) is 0. The third-order valence-electron chi connectivity index (χ3n) is 4.40. The van der Waals surface area contributed by atoms with Gasteiger partial charge in [0.05, 0.1) is 0 Å². The highest BCUT2D eigenvalue weighted by atomic mass is 16.2. The molecule has 2 rings (SSSR count). The van der Waals surface area contributed by atoms with Gasteiger partial charge in [0.2, 0.25) is 5.91 Å². The third-order valence-corrected chi connectivity index (χ3v) is 4.40. The van der Waals surface area contributed by atoms with Crippen molar-refractivity contribution in [1.82, 2.24) is 0 Å². The molecule has 1 aliphatic heterocycles. The molecule has 2 N–H and O–H groups in total. The molecule has 0 aromatic heterocycles. The van der Waals surface area contributed by atoms with Crippen LogP contribution in [0.4, 0.5) is 5.69 Å². The predicted molar refractivity (Wildman–Crippen MR) is 84.5 cm³/mol. The van der Waals surface area contributed by atoms with E-state index in [4.69, 9.17) is 5.73 Å². The van der Waals surface area contributed by atoms with Crippen molar-refractivity contribution in [2.24, 2.45) is 11.7 Å². The van der Waals surface area contributed by atoms with Gasteiger partial charge in [-0.25, -0.2) is 0 Å². The number of benzene rings is 1. The first kappa shape index (κ1) is 14.8. The minimum absolute atomic E-state index is 0.0372. The molecule has 1 heterocycles. The minimum Gasteiger partial charge on any atom is -0.324 e. The van der Waals surface area contributed by atoms with Gasteiger partial charge in [0, 0.05) is 24.7 Å². The molecule has 0 spiro atoms. The van der Waals surface area contributed by atoms with Crippen molar-refractivity contribution in [1.29, 1.82) is 0 Å². The minimum atomic E-state index is -0.0372. The van der Waals surface area contributed by atoms with Crippen LogP contribution in [-0.2, 0) is 4.79 Å². The van der Waals surface area contributed by atoms with Gasteiger partial charge in [0.25, 0.3) is 0 Å². The van der Waals surface area contributed by atoms with E-state index in [-0.39, 0.29) is 23.9 Å². The summed E-state index contributed by atoms with van der Waals surface area (Å²) >= 11 is 0. The molecule has 108 valence electrons. The highest BCUT2D eigenvalue weighted by molar-refractivity contribution is 5.94. The van der Waals surface area contributed by atoms with Crippen LogP contribution >= 0.6 is 0 Å². The summed E-state index contributed by atoms with van der Waals surface area (Å²) in [6.07, 6.45) is 0.913. The van der Waals surface area contributed by atoms with E-state index in [0.717, 1.165) is 28.8 Å². The van der Waals surface area contributed by atoms with Crippen molar-refractivity contribution in [2.75, 3.05) is 4.90 Å². The molecule has 0 aliphatic carbocycles. The third kappa shape index (κ3) is 2.27. The zero-order chi connectivity index (χ0) is 15.0. The van der Waals surface area contributed by atoms with Gasteiger partial charge in [-0.15, -0.1) is 0 Å². The number of hydrogen-bond donors (Lipinski definition) is 1. The lowest BCUT2D eigenvalue weighted by molar-refractivity contribution is -0.117. The fraction of sp³-hybridized carbons (Fsp3) is 0.471. The van der Waals surface area contributed by atoms with Gasteiger partial charge >= 0.3 is 0 Å². The lowest BCUT2D eigenvalue weighted by atomic mass is 9.80.